The molecule has 0 saturated carbocycles. The Kier molecular flexibility index (Phi) is 8.68. The number of aromatic nitrogens is 3. The van der Waals surface area contributed by atoms with Crippen LogP contribution in [0.25, 0.3) is 16.2 Å². The van der Waals surface area contributed by atoms with Gasteiger partial charge < -0.3 is 15.5 Å². The number of carbonyl (C=O) groups is 2. The molecule has 0 aliphatic rings. The second kappa shape index (κ2) is 11.2. The summed E-state index contributed by atoms with van der Waals surface area (Å²) in [6, 6.07) is 8.56. The Morgan fingerprint density at radius 1 is 1.16 bits per heavy atom. The highest BCUT2D eigenvalue weighted by Crippen LogP contribution is 2.36. The van der Waals surface area contributed by atoms with Gasteiger partial charge in [-0.2, -0.15) is 0 Å². The van der Waals surface area contributed by atoms with Crippen LogP contribution in [0.3, 0.4) is 0 Å². The number of hydrogen-bond acceptors (Lipinski definition) is 6. The van der Waals surface area contributed by atoms with Crippen LogP contribution in [0.4, 0.5) is 5.69 Å². The summed E-state index contributed by atoms with van der Waals surface area (Å²) in [6.07, 6.45) is 4.83. The number of aliphatic hydroxyl groups is 1. The number of halogens is 1. The van der Waals surface area contributed by atoms with E-state index in [4.69, 9.17) is 16.7 Å². The number of carbonyl (C=O) groups excluding carboxylic acids is 1. The Morgan fingerprint density at radius 2 is 1.84 bits per heavy atom. The van der Waals surface area contributed by atoms with E-state index >= 15 is 0 Å². The van der Waals surface area contributed by atoms with Crippen LogP contribution < -0.4 is 5.32 Å². The first-order chi connectivity index (χ1) is 15.0. The molecule has 0 aliphatic heterocycles. The summed E-state index contributed by atoms with van der Waals surface area (Å²) in [5.41, 5.74) is 1.09. The number of anilines is 1. The summed E-state index contributed by atoms with van der Waals surface area (Å²) < 4.78 is 1.61. The number of rotatable bonds is 4. The molecular weight excluding hydrogens is 440 g/mol. The fourth-order valence-electron chi connectivity index (χ4n) is 2.60. The number of nitrogens with one attached hydrogen (secondary N) is 1. The summed E-state index contributed by atoms with van der Waals surface area (Å²) in [4.78, 5) is 33.1. The summed E-state index contributed by atoms with van der Waals surface area (Å²) in [5.74, 6) is -1.26. The summed E-state index contributed by atoms with van der Waals surface area (Å²) >= 11 is 7.12. The number of carboxylic acid groups (broad SMARTS) is 1. The minimum atomic E-state index is -1.13. The van der Waals surface area contributed by atoms with E-state index in [2.05, 4.69) is 15.3 Å². The van der Waals surface area contributed by atoms with Crippen molar-refractivity contribution >= 4 is 46.3 Å². The molecule has 0 saturated heterocycles. The van der Waals surface area contributed by atoms with Crippen molar-refractivity contribution in [2.75, 3.05) is 12.4 Å². The first-order valence-electron chi connectivity index (χ1n) is 9.19. The fraction of sp³-hybridized carbons (Fsp3) is 0.143. The van der Waals surface area contributed by atoms with Crippen LogP contribution in [0.1, 0.15) is 34.7 Å². The van der Waals surface area contributed by atoms with E-state index < -0.39 is 11.9 Å². The Morgan fingerprint density at radius 3 is 2.45 bits per heavy atom. The number of fused-ring (bicyclic) bond motifs is 1. The van der Waals surface area contributed by atoms with Crippen LogP contribution in [-0.4, -0.2) is 43.6 Å². The van der Waals surface area contributed by atoms with Crippen molar-refractivity contribution in [2.45, 2.75) is 13.8 Å². The zero-order valence-electron chi connectivity index (χ0n) is 17.0. The number of amides is 1. The van der Waals surface area contributed by atoms with Crippen LogP contribution >= 0.6 is 22.9 Å². The maximum atomic E-state index is 12.5. The first kappa shape index (κ1) is 24.0. The minimum absolute atomic E-state index is 0.0255. The van der Waals surface area contributed by atoms with Crippen molar-refractivity contribution in [3.05, 3.63) is 70.6 Å². The topological polar surface area (TPSA) is 117 Å². The number of benzene rings is 1. The highest BCUT2D eigenvalue weighted by atomic mass is 35.5. The molecule has 3 N–H and O–H groups in total. The zero-order valence-corrected chi connectivity index (χ0v) is 18.6. The van der Waals surface area contributed by atoms with Gasteiger partial charge in [-0.25, -0.2) is 14.8 Å². The molecule has 0 unspecified atom stereocenters. The van der Waals surface area contributed by atoms with Crippen molar-refractivity contribution in [1.82, 2.24) is 14.4 Å². The smallest absolute Gasteiger partial charge is 0.339 e. The van der Waals surface area contributed by atoms with Gasteiger partial charge in [-0.1, -0.05) is 37.6 Å². The normalized spacial score (nSPS) is 9.84. The minimum Gasteiger partial charge on any atom is -0.478 e. The molecule has 1 amide bonds. The van der Waals surface area contributed by atoms with Gasteiger partial charge in [0.05, 0.1) is 10.6 Å². The van der Waals surface area contributed by atoms with Crippen molar-refractivity contribution in [2.24, 2.45) is 0 Å². The molecule has 4 rings (SSSR count). The summed E-state index contributed by atoms with van der Waals surface area (Å²) in [7, 11) is 1.00. The second-order valence-electron chi connectivity index (χ2n) is 5.57. The fourth-order valence-corrected chi connectivity index (χ4v) is 3.73. The van der Waals surface area contributed by atoms with Gasteiger partial charge in [-0.05, 0) is 23.8 Å². The first-order valence-corrected chi connectivity index (χ1v) is 10.4. The molecule has 162 valence electrons. The summed E-state index contributed by atoms with van der Waals surface area (Å²) in [6.45, 7) is 4.00. The molecular formula is C21H21ClN4O4S. The lowest BCUT2D eigenvalue weighted by Crippen LogP contribution is -2.14. The molecule has 31 heavy (non-hydrogen) atoms. The second-order valence-corrected chi connectivity index (χ2v) is 6.89. The number of thiophene rings is 1. The molecule has 1 aromatic carbocycles. The quantitative estimate of drug-likeness (QED) is 0.406. The largest absolute Gasteiger partial charge is 0.478 e. The van der Waals surface area contributed by atoms with E-state index in [1.807, 2.05) is 13.8 Å². The molecule has 0 spiro atoms. The molecule has 0 atom stereocenters. The molecule has 0 aliphatic carbocycles. The van der Waals surface area contributed by atoms with E-state index in [-0.39, 0.29) is 16.9 Å². The number of hydrogen-bond donors (Lipinski definition) is 3. The lowest BCUT2D eigenvalue weighted by atomic mass is 10.1. The monoisotopic (exact) mass is 460 g/mol. The SMILES string of the molecule is CC.CO.O=C(Nc1csc(-c2ccc(Cl)cc2)c1C(=O)O)c1cn2cccnc2n1. The molecule has 3 aromatic heterocycles. The summed E-state index contributed by atoms with van der Waals surface area (Å²) in [5, 5.41) is 21.4. The maximum absolute atomic E-state index is 12.5. The van der Waals surface area contributed by atoms with Gasteiger partial charge >= 0.3 is 5.97 Å². The number of aromatic carboxylic acids is 1. The predicted octanol–water partition coefficient (Wildman–Crippen LogP) is 4.70. The van der Waals surface area contributed by atoms with Gasteiger partial charge in [-0.15, -0.1) is 11.3 Å². The highest BCUT2D eigenvalue weighted by Gasteiger charge is 2.22. The third-order valence-corrected chi connectivity index (χ3v) is 5.11. The third kappa shape index (κ3) is 5.46. The Labute approximate surface area is 187 Å². The lowest BCUT2D eigenvalue weighted by molar-refractivity contribution is 0.0699. The average molecular weight is 461 g/mol. The maximum Gasteiger partial charge on any atom is 0.339 e. The standard InChI is InChI=1S/C18H11ClN4O3S.C2H6.CH4O/c19-11-4-2-10(3-5-11)15-14(17(25)26)13(9-27-15)21-16(24)12-8-23-7-1-6-20-18(23)22-12;2*1-2/h1-9H,(H,21,24)(H,25,26);1-2H3;2H,1H3. The van der Waals surface area contributed by atoms with Crippen LogP contribution in [0, 0.1) is 0 Å². The van der Waals surface area contributed by atoms with Gasteiger partial charge in [0.15, 0.2) is 0 Å². The Bertz CT molecular complexity index is 1140. The molecule has 0 radical (unpaired) electrons. The highest BCUT2D eigenvalue weighted by molar-refractivity contribution is 7.14. The van der Waals surface area contributed by atoms with Crippen molar-refractivity contribution in [3.63, 3.8) is 0 Å². The average Bonchev–Trinajstić information content (AvgIpc) is 3.41. The lowest BCUT2D eigenvalue weighted by Gasteiger charge is -2.05. The number of imidazole rings is 1. The number of carboxylic acids is 1. The molecule has 3 heterocycles. The van der Waals surface area contributed by atoms with Gasteiger partial charge in [0.2, 0.25) is 5.78 Å². The van der Waals surface area contributed by atoms with Gasteiger partial charge in [-0.3, -0.25) is 9.20 Å². The van der Waals surface area contributed by atoms with E-state index in [0.29, 0.717) is 21.2 Å². The van der Waals surface area contributed by atoms with E-state index in [0.717, 1.165) is 7.11 Å². The Hall–Kier alpha value is -3.27. The zero-order chi connectivity index (χ0) is 23.0. The number of aliphatic hydroxyl groups excluding tert-OH is 1. The third-order valence-electron chi connectivity index (χ3n) is 3.83. The van der Waals surface area contributed by atoms with E-state index in [9.17, 15) is 14.7 Å². The van der Waals surface area contributed by atoms with Gasteiger partial charge in [0.1, 0.15) is 11.3 Å². The number of nitrogens with zero attached hydrogens (tertiary/aromatic N) is 3. The molecule has 8 nitrogen and oxygen atoms in total. The van der Waals surface area contributed by atoms with Gasteiger partial charge in [0, 0.05) is 36.1 Å². The molecule has 0 bridgehead atoms. The van der Waals surface area contributed by atoms with Crippen LogP contribution in [0.2, 0.25) is 5.02 Å². The van der Waals surface area contributed by atoms with Gasteiger partial charge in [0.25, 0.3) is 5.91 Å². The molecule has 0 fully saturated rings. The van der Waals surface area contributed by atoms with Crippen LogP contribution in [0.5, 0.6) is 0 Å². The van der Waals surface area contributed by atoms with Crippen LogP contribution in [-0.2, 0) is 0 Å². The van der Waals surface area contributed by atoms with Crippen molar-refractivity contribution < 1.29 is 19.8 Å². The van der Waals surface area contributed by atoms with Crippen molar-refractivity contribution in [3.8, 4) is 10.4 Å². The van der Waals surface area contributed by atoms with Crippen molar-refractivity contribution in [1.29, 1.82) is 0 Å². The predicted molar refractivity (Wildman–Crippen MR) is 122 cm³/mol. The Balaban J connectivity index is 0.000000807. The molecule has 4 aromatic rings. The van der Waals surface area contributed by atoms with E-state index in [1.165, 1.54) is 17.5 Å². The molecule has 10 heteroatoms. The van der Waals surface area contributed by atoms with Crippen LogP contribution in [0.15, 0.2) is 54.3 Å². The van der Waals surface area contributed by atoms with E-state index in [1.54, 1.807) is 52.5 Å².